The maximum atomic E-state index is 12.0. The Labute approximate surface area is 142 Å². The van der Waals surface area contributed by atoms with E-state index >= 15 is 0 Å². The largest absolute Gasteiger partial charge is 0.305 e. The predicted octanol–water partition coefficient (Wildman–Crippen LogP) is 3.89. The molecule has 0 fully saturated rings. The van der Waals surface area contributed by atoms with Gasteiger partial charge in [0.2, 0.25) is 0 Å². The number of hydrogen-bond donors (Lipinski definition) is 1. The second-order valence-corrected chi connectivity index (χ2v) is 5.67. The van der Waals surface area contributed by atoms with E-state index in [2.05, 4.69) is 15.4 Å². The van der Waals surface area contributed by atoms with Gasteiger partial charge in [0.25, 0.3) is 5.91 Å². The number of nitrogens with one attached hydrogen (secondary N) is 1. The molecule has 0 saturated carbocycles. The van der Waals surface area contributed by atoms with Crippen molar-refractivity contribution in [3.8, 4) is 0 Å². The molecule has 3 aromatic rings. The Balaban J connectivity index is 1.70. The van der Waals surface area contributed by atoms with E-state index in [0.29, 0.717) is 28.0 Å². The van der Waals surface area contributed by atoms with Crippen LogP contribution in [0.25, 0.3) is 0 Å². The van der Waals surface area contributed by atoms with Crippen molar-refractivity contribution in [2.24, 2.45) is 0 Å². The highest BCUT2D eigenvalue weighted by molar-refractivity contribution is 6.35. The van der Waals surface area contributed by atoms with Gasteiger partial charge in [-0.25, -0.2) is 0 Å². The van der Waals surface area contributed by atoms with Gasteiger partial charge in [0.05, 0.1) is 6.54 Å². The Morgan fingerprint density at radius 3 is 2.65 bits per heavy atom. The quantitative estimate of drug-likeness (QED) is 0.779. The van der Waals surface area contributed by atoms with Crippen molar-refractivity contribution in [3.05, 3.63) is 76.2 Å². The average Bonchev–Trinajstić information content (AvgIpc) is 2.98. The predicted molar refractivity (Wildman–Crippen MR) is 90.0 cm³/mol. The third kappa shape index (κ3) is 3.88. The minimum atomic E-state index is -0.234. The summed E-state index contributed by atoms with van der Waals surface area (Å²) in [5, 5.41) is 8.21. The van der Waals surface area contributed by atoms with Gasteiger partial charge in [0, 0.05) is 40.3 Å². The monoisotopic (exact) mass is 346 g/mol. The second-order valence-electron chi connectivity index (χ2n) is 4.82. The summed E-state index contributed by atoms with van der Waals surface area (Å²) in [7, 11) is 0. The summed E-state index contributed by atoms with van der Waals surface area (Å²) in [4.78, 5) is 15.9. The van der Waals surface area contributed by atoms with E-state index < -0.39 is 0 Å². The smallest absolute Gasteiger partial charge is 0.256 e. The number of anilines is 1. The molecule has 1 aromatic carbocycles. The molecule has 0 aliphatic carbocycles. The van der Waals surface area contributed by atoms with Crippen molar-refractivity contribution < 1.29 is 4.79 Å². The number of amides is 1. The maximum absolute atomic E-state index is 12.0. The first kappa shape index (κ1) is 15.5. The molecule has 0 saturated heterocycles. The first-order valence-corrected chi connectivity index (χ1v) is 7.56. The molecule has 2 aromatic heterocycles. The molecular formula is C16H12Cl2N4O. The molecule has 0 bridgehead atoms. The molecule has 23 heavy (non-hydrogen) atoms. The maximum Gasteiger partial charge on any atom is 0.256 e. The molecule has 0 radical (unpaired) electrons. The fraction of sp³-hybridized carbons (Fsp3) is 0.0625. The van der Waals surface area contributed by atoms with Crippen LogP contribution in [0.3, 0.4) is 0 Å². The Kier molecular flexibility index (Phi) is 4.60. The molecule has 5 nitrogen and oxygen atoms in total. The van der Waals surface area contributed by atoms with Crippen molar-refractivity contribution in [1.82, 2.24) is 14.8 Å². The Morgan fingerprint density at radius 1 is 1.13 bits per heavy atom. The SMILES string of the molecule is O=C(Nc1ccn(Cc2ccc(Cl)cc2Cl)n1)c1ccncc1. The third-order valence-electron chi connectivity index (χ3n) is 3.17. The molecule has 0 aliphatic rings. The van der Waals surface area contributed by atoms with Gasteiger partial charge in [0.15, 0.2) is 5.82 Å². The fourth-order valence-electron chi connectivity index (χ4n) is 2.03. The van der Waals surface area contributed by atoms with Gasteiger partial charge in [0.1, 0.15) is 0 Å². The van der Waals surface area contributed by atoms with Gasteiger partial charge >= 0.3 is 0 Å². The molecule has 1 amide bonds. The molecule has 2 heterocycles. The summed E-state index contributed by atoms with van der Waals surface area (Å²) in [5.74, 6) is 0.235. The lowest BCUT2D eigenvalue weighted by atomic mass is 10.2. The number of carbonyl (C=O) groups excluding carboxylic acids is 1. The zero-order valence-corrected chi connectivity index (χ0v) is 13.4. The number of rotatable bonds is 4. The number of carbonyl (C=O) groups is 1. The van der Waals surface area contributed by atoms with E-state index in [4.69, 9.17) is 23.2 Å². The summed E-state index contributed by atoms with van der Waals surface area (Å²) in [5.41, 5.74) is 1.42. The summed E-state index contributed by atoms with van der Waals surface area (Å²) in [6, 6.07) is 10.3. The van der Waals surface area contributed by atoms with Crippen molar-refractivity contribution in [2.75, 3.05) is 5.32 Å². The Hall–Kier alpha value is -2.37. The average molecular weight is 347 g/mol. The number of pyridine rings is 1. The first-order chi connectivity index (χ1) is 11.1. The van der Waals surface area contributed by atoms with Crippen molar-refractivity contribution in [3.63, 3.8) is 0 Å². The zero-order chi connectivity index (χ0) is 16.2. The molecule has 0 atom stereocenters. The lowest BCUT2D eigenvalue weighted by molar-refractivity contribution is 0.102. The molecule has 7 heteroatoms. The molecule has 0 aliphatic heterocycles. The molecule has 0 spiro atoms. The van der Waals surface area contributed by atoms with E-state index in [1.165, 1.54) is 0 Å². The van der Waals surface area contributed by atoms with E-state index in [-0.39, 0.29) is 5.91 Å². The minimum Gasteiger partial charge on any atom is -0.305 e. The van der Waals surface area contributed by atoms with Gasteiger partial charge in [-0.2, -0.15) is 5.10 Å². The highest BCUT2D eigenvalue weighted by atomic mass is 35.5. The van der Waals surface area contributed by atoms with Crippen LogP contribution in [0.2, 0.25) is 10.0 Å². The van der Waals surface area contributed by atoms with Crippen LogP contribution in [0.4, 0.5) is 5.82 Å². The van der Waals surface area contributed by atoms with E-state index in [1.807, 2.05) is 6.07 Å². The fourth-order valence-corrected chi connectivity index (χ4v) is 2.50. The van der Waals surface area contributed by atoms with Crippen LogP contribution in [0.15, 0.2) is 55.0 Å². The minimum absolute atomic E-state index is 0.234. The number of halogens is 2. The summed E-state index contributed by atoms with van der Waals surface area (Å²) in [6.07, 6.45) is 4.90. The Bertz CT molecular complexity index is 833. The summed E-state index contributed by atoms with van der Waals surface area (Å²) < 4.78 is 1.69. The first-order valence-electron chi connectivity index (χ1n) is 6.80. The summed E-state index contributed by atoms with van der Waals surface area (Å²) in [6.45, 7) is 0.487. The standard InChI is InChI=1S/C16H12Cl2N4O/c17-13-2-1-12(14(18)9-13)10-22-8-5-15(21-22)20-16(23)11-3-6-19-7-4-11/h1-9H,10H2,(H,20,21,23). The van der Waals surface area contributed by atoms with Crippen molar-refractivity contribution >= 4 is 34.9 Å². The van der Waals surface area contributed by atoms with E-state index in [9.17, 15) is 4.79 Å². The highest BCUT2D eigenvalue weighted by Crippen LogP contribution is 2.21. The van der Waals surface area contributed by atoms with Gasteiger partial charge in [-0.05, 0) is 29.8 Å². The molecule has 116 valence electrons. The van der Waals surface area contributed by atoms with Gasteiger partial charge in [-0.3, -0.25) is 14.5 Å². The lowest BCUT2D eigenvalue weighted by Crippen LogP contribution is -2.12. The molecule has 0 unspecified atom stereocenters. The van der Waals surface area contributed by atoms with Crippen LogP contribution >= 0.6 is 23.2 Å². The third-order valence-corrected chi connectivity index (χ3v) is 3.76. The van der Waals surface area contributed by atoms with Gasteiger partial charge < -0.3 is 5.32 Å². The number of nitrogens with zero attached hydrogens (tertiary/aromatic N) is 3. The van der Waals surface area contributed by atoms with Gasteiger partial charge in [-0.1, -0.05) is 29.3 Å². The Morgan fingerprint density at radius 2 is 1.91 bits per heavy atom. The van der Waals surface area contributed by atoms with Crippen LogP contribution < -0.4 is 5.32 Å². The van der Waals surface area contributed by atoms with Gasteiger partial charge in [-0.15, -0.1) is 0 Å². The van der Waals surface area contributed by atoms with Crippen LogP contribution in [-0.2, 0) is 6.54 Å². The van der Waals surface area contributed by atoms with Crippen LogP contribution in [0.1, 0.15) is 15.9 Å². The highest BCUT2D eigenvalue weighted by Gasteiger charge is 2.08. The summed E-state index contributed by atoms with van der Waals surface area (Å²) >= 11 is 12.0. The number of benzene rings is 1. The molecular weight excluding hydrogens is 335 g/mol. The topological polar surface area (TPSA) is 59.8 Å². The normalized spacial score (nSPS) is 10.5. The van der Waals surface area contributed by atoms with Crippen molar-refractivity contribution in [1.29, 1.82) is 0 Å². The van der Waals surface area contributed by atoms with Crippen LogP contribution in [0, 0.1) is 0 Å². The number of hydrogen-bond acceptors (Lipinski definition) is 3. The molecule has 1 N–H and O–H groups in total. The molecule has 3 rings (SSSR count). The van der Waals surface area contributed by atoms with E-state index in [1.54, 1.807) is 53.6 Å². The zero-order valence-electron chi connectivity index (χ0n) is 11.9. The van der Waals surface area contributed by atoms with E-state index in [0.717, 1.165) is 5.56 Å². The lowest BCUT2D eigenvalue weighted by Gasteiger charge is -2.05. The second kappa shape index (κ2) is 6.81. The van der Waals surface area contributed by atoms with Crippen LogP contribution in [0.5, 0.6) is 0 Å². The number of aromatic nitrogens is 3. The van der Waals surface area contributed by atoms with Crippen molar-refractivity contribution in [2.45, 2.75) is 6.54 Å². The van der Waals surface area contributed by atoms with Crippen LogP contribution in [-0.4, -0.2) is 20.7 Å².